The molecule has 6 nitrogen and oxygen atoms in total. The smallest absolute Gasteiger partial charge is 0.252 e. The number of hydrogen-bond donors (Lipinski definition) is 3. The molecule has 0 amide bonds. The zero-order chi connectivity index (χ0) is 12.8. The van der Waals surface area contributed by atoms with Crippen molar-refractivity contribution in [3.05, 3.63) is 40.5 Å². The van der Waals surface area contributed by atoms with E-state index in [4.69, 9.17) is 0 Å². The molecule has 2 heterocycles. The summed E-state index contributed by atoms with van der Waals surface area (Å²) in [6.45, 7) is 2.72. The molecule has 0 saturated carbocycles. The number of nitrogens with one attached hydrogen (secondary N) is 3. The van der Waals surface area contributed by atoms with E-state index in [1.165, 1.54) is 6.07 Å². The van der Waals surface area contributed by atoms with Gasteiger partial charge in [-0.2, -0.15) is 0 Å². The predicted molar refractivity (Wildman–Crippen MR) is 69.6 cm³/mol. The summed E-state index contributed by atoms with van der Waals surface area (Å²) in [6, 6.07) is 1.48. The molecule has 2 aromatic heterocycles. The zero-order valence-electron chi connectivity index (χ0n) is 10.4. The molecule has 0 bridgehead atoms. The van der Waals surface area contributed by atoms with Crippen LogP contribution in [0.5, 0.6) is 0 Å². The first-order valence-corrected chi connectivity index (χ1v) is 6.10. The molecule has 96 valence electrons. The molecule has 0 aliphatic carbocycles. The Hall–Kier alpha value is -2.11. The number of H-pyrrole nitrogens is 2. The molecular formula is C12H17N5O. The molecule has 0 radical (unpaired) electrons. The van der Waals surface area contributed by atoms with Gasteiger partial charge in [-0.1, -0.05) is 6.92 Å². The lowest BCUT2D eigenvalue weighted by molar-refractivity contribution is 0.810. The van der Waals surface area contributed by atoms with Gasteiger partial charge in [-0.15, -0.1) is 0 Å². The number of aromatic amines is 2. The Morgan fingerprint density at radius 3 is 3.00 bits per heavy atom. The summed E-state index contributed by atoms with van der Waals surface area (Å²) in [7, 11) is 0. The molecule has 2 rings (SSSR count). The van der Waals surface area contributed by atoms with E-state index in [1.54, 1.807) is 6.20 Å². The summed E-state index contributed by atoms with van der Waals surface area (Å²) in [5, 5.41) is 3.15. The molecule has 0 saturated heterocycles. The second-order valence-corrected chi connectivity index (χ2v) is 4.00. The van der Waals surface area contributed by atoms with Gasteiger partial charge in [0.15, 0.2) is 0 Å². The lowest BCUT2D eigenvalue weighted by atomic mass is 10.3. The van der Waals surface area contributed by atoms with E-state index in [2.05, 4.69) is 25.3 Å². The first-order valence-electron chi connectivity index (χ1n) is 6.10. The SMILES string of the molecule is CCc1nc(NCCCc2ncc[nH]2)cc(=O)[nH]1. The largest absolute Gasteiger partial charge is 0.370 e. The standard InChI is InChI=1S/C12H17N5O/c1-2-9-16-11(8-12(18)17-9)13-5-3-4-10-14-6-7-15-10/h6-8H,2-5H2,1H3,(H,14,15)(H2,13,16,17,18). The summed E-state index contributed by atoms with van der Waals surface area (Å²) >= 11 is 0. The Morgan fingerprint density at radius 1 is 1.39 bits per heavy atom. The summed E-state index contributed by atoms with van der Waals surface area (Å²) < 4.78 is 0. The van der Waals surface area contributed by atoms with Gasteiger partial charge in [0, 0.05) is 37.8 Å². The van der Waals surface area contributed by atoms with Crippen molar-refractivity contribution in [1.82, 2.24) is 19.9 Å². The van der Waals surface area contributed by atoms with Crippen LogP contribution in [0.1, 0.15) is 25.0 Å². The van der Waals surface area contributed by atoms with Crippen LogP contribution in [0.25, 0.3) is 0 Å². The van der Waals surface area contributed by atoms with E-state index in [1.807, 2.05) is 13.1 Å². The molecule has 0 unspecified atom stereocenters. The molecule has 0 spiro atoms. The average Bonchev–Trinajstić information content (AvgIpc) is 2.87. The number of nitrogens with zero attached hydrogens (tertiary/aromatic N) is 2. The normalized spacial score (nSPS) is 10.5. The van der Waals surface area contributed by atoms with Crippen molar-refractivity contribution < 1.29 is 0 Å². The van der Waals surface area contributed by atoms with Gasteiger partial charge >= 0.3 is 0 Å². The van der Waals surface area contributed by atoms with Crippen molar-refractivity contribution in [2.24, 2.45) is 0 Å². The minimum absolute atomic E-state index is 0.115. The molecule has 18 heavy (non-hydrogen) atoms. The maximum Gasteiger partial charge on any atom is 0.252 e. The van der Waals surface area contributed by atoms with Gasteiger partial charge in [-0.25, -0.2) is 9.97 Å². The van der Waals surface area contributed by atoms with Crippen LogP contribution in [0.15, 0.2) is 23.3 Å². The van der Waals surface area contributed by atoms with E-state index >= 15 is 0 Å². The van der Waals surface area contributed by atoms with Crippen LogP contribution in [0.3, 0.4) is 0 Å². The number of aromatic nitrogens is 4. The number of anilines is 1. The average molecular weight is 247 g/mol. The highest BCUT2D eigenvalue weighted by atomic mass is 16.1. The lowest BCUT2D eigenvalue weighted by Gasteiger charge is -2.05. The van der Waals surface area contributed by atoms with Gasteiger partial charge in [0.25, 0.3) is 5.56 Å². The molecule has 0 aliphatic heterocycles. The second-order valence-electron chi connectivity index (χ2n) is 4.00. The minimum atomic E-state index is -0.115. The number of aryl methyl sites for hydroxylation is 2. The number of hydrogen-bond acceptors (Lipinski definition) is 4. The molecule has 3 N–H and O–H groups in total. The van der Waals surface area contributed by atoms with Gasteiger partial charge in [0.2, 0.25) is 0 Å². The van der Waals surface area contributed by atoms with Crippen LogP contribution < -0.4 is 10.9 Å². The molecular weight excluding hydrogens is 230 g/mol. The van der Waals surface area contributed by atoms with Gasteiger partial charge in [0.05, 0.1) is 0 Å². The van der Waals surface area contributed by atoms with Crippen molar-refractivity contribution in [3.8, 4) is 0 Å². The molecule has 6 heteroatoms. The molecule has 0 fully saturated rings. The highest BCUT2D eigenvalue weighted by Crippen LogP contribution is 2.01. The Balaban J connectivity index is 1.83. The van der Waals surface area contributed by atoms with Gasteiger partial charge in [-0.3, -0.25) is 4.79 Å². The quantitative estimate of drug-likeness (QED) is 0.667. The van der Waals surface area contributed by atoms with Crippen molar-refractivity contribution in [2.45, 2.75) is 26.2 Å². The first kappa shape index (κ1) is 12.3. The highest BCUT2D eigenvalue weighted by Gasteiger charge is 1.99. The Bertz CT molecular complexity index is 532. The van der Waals surface area contributed by atoms with Crippen LogP contribution in [0, 0.1) is 0 Å². The lowest BCUT2D eigenvalue weighted by Crippen LogP contribution is -2.14. The van der Waals surface area contributed by atoms with E-state index in [9.17, 15) is 4.79 Å². The zero-order valence-corrected chi connectivity index (χ0v) is 10.4. The van der Waals surface area contributed by atoms with Gasteiger partial charge in [0.1, 0.15) is 17.5 Å². The summed E-state index contributed by atoms with van der Waals surface area (Å²) in [5.41, 5.74) is -0.115. The molecule has 0 aromatic carbocycles. The fourth-order valence-corrected chi connectivity index (χ4v) is 1.67. The topological polar surface area (TPSA) is 86.5 Å². The third-order valence-corrected chi connectivity index (χ3v) is 2.58. The first-order chi connectivity index (χ1) is 8.78. The van der Waals surface area contributed by atoms with E-state index in [0.717, 1.165) is 31.6 Å². The van der Waals surface area contributed by atoms with Crippen LogP contribution in [-0.2, 0) is 12.8 Å². The minimum Gasteiger partial charge on any atom is -0.370 e. The summed E-state index contributed by atoms with van der Waals surface area (Å²) in [4.78, 5) is 25.5. The van der Waals surface area contributed by atoms with Crippen molar-refractivity contribution >= 4 is 5.82 Å². The predicted octanol–water partition coefficient (Wildman–Crippen LogP) is 1.10. The van der Waals surface area contributed by atoms with Crippen molar-refractivity contribution in [2.75, 3.05) is 11.9 Å². The van der Waals surface area contributed by atoms with Gasteiger partial charge in [-0.05, 0) is 6.42 Å². The monoisotopic (exact) mass is 247 g/mol. The third kappa shape index (κ3) is 3.44. The molecule has 0 atom stereocenters. The Labute approximate surface area is 105 Å². The summed E-state index contributed by atoms with van der Waals surface area (Å²) in [5.74, 6) is 2.32. The van der Waals surface area contributed by atoms with Crippen LogP contribution in [-0.4, -0.2) is 26.5 Å². The van der Waals surface area contributed by atoms with Crippen molar-refractivity contribution in [3.63, 3.8) is 0 Å². The second kappa shape index (κ2) is 6.00. The third-order valence-electron chi connectivity index (χ3n) is 2.58. The number of rotatable bonds is 6. The van der Waals surface area contributed by atoms with Crippen molar-refractivity contribution in [1.29, 1.82) is 0 Å². The van der Waals surface area contributed by atoms with Crippen LogP contribution >= 0.6 is 0 Å². The fraction of sp³-hybridized carbons (Fsp3) is 0.417. The highest BCUT2D eigenvalue weighted by molar-refractivity contribution is 5.32. The maximum atomic E-state index is 11.3. The Morgan fingerprint density at radius 2 is 2.28 bits per heavy atom. The maximum absolute atomic E-state index is 11.3. The van der Waals surface area contributed by atoms with E-state index in [0.29, 0.717) is 11.6 Å². The van der Waals surface area contributed by atoms with Crippen LogP contribution in [0.4, 0.5) is 5.82 Å². The fourth-order valence-electron chi connectivity index (χ4n) is 1.67. The molecule has 0 aliphatic rings. The van der Waals surface area contributed by atoms with E-state index < -0.39 is 0 Å². The van der Waals surface area contributed by atoms with E-state index in [-0.39, 0.29) is 5.56 Å². The molecule has 2 aromatic rings. The Kier molecular flexibility index (Phi) is 4.11. The number of imidazole rings is 1. The van der Waals surface area contributed by atoms with Gasteiger partial charge < -0.3 is 15.3 Å². The van der Waals surface area contributed by atoms with Crippen LogP contribution in [0.2, 0.25) is 0 Å². The summed E-state index contributed by atoms with van der Waals surface area (Å²) in [6.07, 6.45) is 6.09.